The van der Waals surface area contributed by atoms with Gasteiger partial charge in [0, 0.05) is 26.1 Å². The average molecular weight is 385 g/mol. The standard InChI is InChI=1S/C19H26F3N3O2/c1-2-9-24(12-8-17(27)25-10-4-3-5-11-25)13-16(26)23-15-7-6-14(20)18(21)19(15)22/h6-7H,2-5,8-13H2,1H3,(H,23,26). The SMILES string of the molecule is CCCN(CCC(=O)N1CCCCC1)CC(=O)Nc1ccc(F)c(F)c1F. The molecule has 5 nitrogen and oxygen atoms in total. The second-order valence-corrected chi connectivity index (χ2v) is 6.74. The van der Waals surface area contributed by atoms with Crippen molar-refractivity contribution in [3.05, 3.63) is 29.6 Å². The van der Waals surface area contributed by atoms with Gasteiger partial charge in [0.1, 0.15) is 0 Å². The number of likely N-dealkylation sites (tertiary alicyclic amines) is 1. The van der Waals surface area contributed by atoms with Crippen LogP contribution in [-0.2, 0) is 9.59 Å². The normalized spacial score (nSPS) is 14.5. The lowest BCUT2D eigenvalue weighted by atomic mass is 10.1. The summed E-state index contributed by atoms with van der Waals surface area (Å²) in [6, 6.07) is 1.74. The van der Waals surface area contributed by atoms with Crippen molar-refractivity contribution in [1.82, 2.24) is 9.80 Å². The number of hydrogen-bond acceptors (Lipinski definition) is 3. The van der Waals surface area contributed by atoms with E-state index in [0.717, 1.165) is 50.9 Å². The maximum Gasteiger partial charge on any atom is 0.238 e. The Kier molecular flexibility index (Phi) is 8.09. The molecule has 0 radical (unpaired) electrons. The van der Waals surface area contributed by atoms with E-state index in [-0.39, 0.29) is 12.5 Å². The van der Waals surface area contributed by atoms with Crippen molar-refractivity contribution < 1.29 is 22.8 Å². The van der Waals surface area contributed by atoms with Gasteiger partial charge in [0.05, 0.1) is 12.2 Å². The van der Waals surface area contributed by atoms with Crippen LogP contribution in [0.25, 0.3) is 0 Å². The molecule has 0 aliphatic carbocycles. The Balaban J connectivity index is 1.88. The Hall–Kier alpha value is -2.09. The van der Waals surface area contributed by atoms with Crippen LogP contribution in [0.2, 0.25) is 0 Å². The molecule has 1 aliphatic rings. The summed E-state index contributed by atoms with van der Waals surface area (Å²) in [7, 11) is 0. The third-order valence-corrected chi connectivity index (χ3v) is 4.57. The molecule has 8 heteroatoms. The highest BCUT2D eigenvalue weighted by atomic mass is 19.2. The van der Waals surface area contributed by atoms with Gasteiger partial charge >= 0.3 is 0 Å². The average Bonchev–Trinajstić information content (AvgIpc) is 2.67. The Morgan fingerprint density at radius 3 is 2.44 bits per heavy atom. The summed E-state index contributed by atoms with van der Waals surface area (Å²) < 4.78 is 39.9. The molecule has 1 aromatic carbocycles. The topological polar surface area (TPSA) is 52.7 Å². The molecule has 0 aromatic heterocycles. The number of benzene rings is 1. The van der Waals surface area contributed by atoms with Crippen molar-refractivity contribution in [2.75, 3.05) is 38.0 Å². The molecule has 0 unspecified atom stereocenters. The van der Waals surface area contributed by atoms with Crippen LogP contribution in [0.3, 0.4) is 0 Å². The Bertz CT molecular complexity index is 664. The molecule has 150 valence electrons. The molecule has 0 atom stereocenters. The van der Waals surface area contributed by atoms with Crippen LogP contribution in [-0.4, -0.2) is 54.3 Å². The number of carbonyl (C=O) groups excluding carboxylic acids is 2. The lowest BCUT2D eigenvalue weighted by molar-refractivity contribution is -0.132. The lowest BCUT2D eigenvalue weighted by Gasteiger charge is -2.28. The van der Waals surface area contributed by atoms with Gasteiger partial charge in [0.25, 0.3) is 0 Å². The largest absolute Gasteiger partial charge is 0.343 e. The van der Waals surface area contributed by atoms with Crippen LogP contribution in [0, 0.1) is 17.5 Å². The van der Waals surface area contributed by atoms with Gasteiger partial charge in [0.2, 0.25) is 11.8 Å². The summed E-state index contributed by atoms with van der Waals surface area (Å²) >= 11 is 0. The fraction of sp³-hybridized carbons (Fsp3) is 0.579. The maximum atomic E-state index is 13.7. The summed E-state index contributed by atoms with van der Waals surface area (Å²) in [4.78, 5) is 28.1. The Morgan fingerprint density at radius 1 is 1.07 bits per heavy atom. The summed E-state index contributed by atoms with van der Waals surface area (Å²) in [5.41, 5.74) is -0.403. The molecular weight excluding hydrogens is 359 g/mol. The quantitative estimate of drug-likeness (QED) is 0.700. The molecule has 0 saturated carbocycles. The molecule has 2 rings (SSSR count). The van der Waals surface area contributed by atoms with E-state index in [1.807, 2.05) is 11.8 Å². The van der Waals surface area contributed by atoms with Crippen LogP contribution in [0.4, 0.5) is 18.9 Å². The highest BCUT2D eigenvalue weighted by molar-refractivity contribution is 5.92. The lowest BCUT2D eigenvalue weighted by Crippen LogP contribution is -2.40. The number of hydrogen-bond donors (Lipinski definition) is 1. The highest BCUT2D eigenvalue weighted by Gasteiger charge is 2.19. The van der Waals surface area contributed by atoms with Crippen molar-refractivity contribution in [3.63, 3.8) is 0 Å². The number of nitrogens with zero attached hydrogens (tertiary/aromatic N) is 2. The van der Waals surface area contributed by atoms with E-state index in [2.05, 4.69) is 5.32 Å². The summed E-state index contributed by atoms with van der Waals surface area (Å²) in [6.45, 7) is 4.47. The van der Waals surface area contributed by atoms with Crippen LogP contribution in [0.5, 0.6) is 0 Å². The monoisotopic (exact) mass is 385 g/mol. The maximum absolute atomic E-state index is 13.7. The molecule has 0 bridgehead atoms. The molecule has 1 aliphatic heterocycles. The molecule has 1 fully saturated rings. The number of amides is 2. The van der Waals surface area contributed by atoms with Crippen molar-refractivity contribution in [2.24, 2.45) is 0 Å². The van der Waals surface area contributed by atoms with Crippen LogP contribution in [0.15, 0.2) is 12.1 Å². The molecule has 1 N–H and O–H groups in total. The highest BCUT2D eigenvalue weighted by Crippen LogP contribution is 2.19. The number of rotatable bonds is 8. The summed E-state index contributed by atoms with van der Waals surface area (Å²) in [5, 5.41) is 2.26. The first-order chi connectivity index (χ1) is 12.9. The predicted molar refractivity (Wildman–Crippen MR) is 96.7 cm³/mol. The number of halogens is 3. The minimum absolute atomic E-state index is 0.0560. The predicted octanol–water partition coefficient (Wildman–Crippen LogP) is 3.16. The Labute approximate surface area is 157 Å². The number of anilines is 1. The van der Waals surface area contributed by atoms with Crippen molar-refractivity contribution in [2.45, 2.75) is 39.0 Å². The van der Waals surface area contributed by atoms with Crippen LogP contribution in [0.1, 0.15) is 39.0 Å². The van der Waals surface area contributed by atoms with Gasteiger partial charge in [-0.3, -0.25) is 14.5 Å². The van der Waals surface area contributed by atoms with E-state index in [1.54, 1.807) is 4.90 Å². The Morgan fingerprint density at radius 2 is 1.78 bits per heavy atom. The van der Waals surface area contributed by atoms with Gasteiger partial charge in [0.15, 0.2) is 17.5 Å². The third-order valence-electron chi connectivity index (χ3n) is 4.57. The molecule has 27 heavy (non-hydrogen) atoms. The van der Waals surface area contributed by atoms with E-state index < -0.39 is 29.0 Å². The van der Waals surface area contributed by atoms with Gasteiger partial charge in [-0.25, -0.2) is 13.2 Å². The number of carbonyl (C=O) groups is 2. The van der Waals surface area contributed by atoms with Gasteiger partial charge in [-0.05, 0) is 44.4 Å². The fourth-order valence-corrected chi connectivity index (χ4v) is 3.16. The molecule has 0 spiro atoms. The van der Waals surface area contributed by atoms with Gasteiger partial charge in [-0.1, -0.05) is 6.92 Å². The molecule has 1 saturated heterocycles. The van der Waals surface area contributed by atoms with Crippen LogP contribution < -0.4 is 5.32 Å². The van der Waals surface area contributed by atoms with Crippen molar-refractivity contribution in [1.29, 1.82) is 0 Å². The minimum atomic E-state index is -1.62. The minimum Gasteiger partial charge on any atom is -0.343 e. The van der Waals surface area contributed by atoms with Gasteiger partial charge in [-0.15, -0.1) is 0 Å². The van der Waals surface area contributed by atoms with Gasteiger partial charge in [-0.2, -0.15) is 0 Å². The fourth-order valence-electron chi connectivity index (χ4n) is 3.16. The summed E-state index contributed by atoms with van der Waals surface area (Å²) in [6.07, 6.45) is 4.28. The molecule has 2 amide bonds. The summed E-state index contributed by atoms with van der Waals surface area (Å²) in [5.74, 6) is -4.83. The van der Waals surface area contributed by atoms with E-state index >= 15 is 0 Å². The first-order valence-electron chi connectivity index (χ1n) is 9.35. The van der Waals surface area contributed by atoms with E-state index in [4.69, 9.17) is 0 Å². The third kappa shape index (κ3) is 6.23. The number of nitrogens with one attached hydrogen (secondary N) is 1. The van der Waals surface area contributed by atoms with E-state index in [0.29, 0.717) is 19.5 Å². The number of piperidine rings is 1. The first-order valence-corrected chi connectivity index (χ1v) is 9.35. The van der Waals surface area contributed by atoms with Crippen LogP contribution >= 0.6 is 0 Å². The second kappa shape index (κ2) is 10.3. The molecular formula is C19H26F3N3O2. The molecule has 1 aromatic rings. The first kappa shape index (κ1) is 21.2. The zero-order valence-electron chi connectivity index (χ0n) is 15.6. The van der Waals surface area contributed by atoms with Crippen molar-refractivity contribution in [3.8, 4) is 0 Å². The second-order valence-electron chi connectivity index (χ2n) is 6.74. The van der Waals surface area contributed by atoms with E-state index in [9.17, 15) is 22.8 Å². The molecule has 1 heterocycles. The zero-order chi connectivity index (χ0) is 19.8. The van der Waals surface area contributed by atoms with E-state index in [1.165, 1.54) is 0 Å². The van der Waals surface area contributed by atoms with Gasteiger partial charge < -0.3 is 10.2 Å². The zero-order valence-corrected chi connectivity index (χ0v) is 15.6. The van der Waals surface area contributed by atoms with Crippen molar-refractivity contribution >= 4 is 17.5 Å². The smallest absolute Gasteiger partial charge is 0.238 e.